The number of hydrogen-bond acceptors (Lipinski definition) is 4. The predicted molar refractivity (Wildman–Crippen MR) is 89.2 cm³/mol. The Morgan fingerprint density at radius 1 is 1.25 bits per heavy atom. The third-order valence-corrected chi connectivity index (χ3v) is 5.30. The van der Waals surface area contributed by atoms with Gasteiger partial charge < -0.3 is 9.47 Å². The molecule has 0 spiro atoms. The summed E-state index contributed by atoms with van der Waals surface area (Å²) >= 11 is 0. The van der Waals surface area contributed by atoms with Crippen molar-refractivity contribution in [2.75, 3.05) is 13.7 Å². The monoisotopic (exact) mass is 325 g/mol. The van der Waals surface area contributed by atoms with Crippen LogP contribution in [-0.4, -0.2) is 25.5 Å². The SMILES string of the molecule is COc1ccc2c3c(ccc2c1)OCC3(C)[C@H]1CCC(=O)NC1=O. The fraction of sp³-hybridized carbons (Fsp3) is 0.368. The van der Waals surface area contributed by atoms with Crippen molar-refractivity contribution in [3.63, 3.8) is 0 Å². The lowest BCUT2D eigenvalue weighted by Gasteiger charge is -2.34. The number of fused-ring (bicyclic) bond motifs is 3. The van der Waals surface area contributed by atoms with Gasteiger partial charge in [-0.2, -0.15) is 0 Å². The molecule has 1 unspecified atom stereocenters. The summed E-state index contributed by atoms with van der Waals surface area (Å²) in [5, 5.41) is 4.60. The quantitative estimate of drug-likeness (QED) is 0.862. The molecule has 2 aromatic carbocycles. The molecule has 2 amide bonds. The molecule has 4 rings (SSSR count). The minimum absolute atomic E-state index is 0.193. The van der Waals surface area contributed by atoms with Crippen LogP contribution in [0.1, 0.15) is 25.3 Å². The second kappa shape index (κ2) is 5.23. The average molecular weight is 325 g/mol. The maximum absolute atomic E-state index is 12.4. The van der Waals surface area contributed by atoms with Crippen LogP contribution >= 0.6 is 0 Å². The normalized spacial score (nSPS) is 26.0. The minimum atomic E-state index is -0.450. The Labute approximate surface area is 139 Å². The van der Waals surface area contributed by atoms with Crippen molar-refractivity contribution in [2.24, 2.45) is 5.92 Å². The molecule has 124 valence electrons. The third-order valence-electron chi connectivity index (χ3n) is 5.30. The number of hydrogen-bond donors (Lipinski definition) is 1. The third kappa shape index (κ3) is 2.08. The van der Waals surface area contributed by atoms with E-state index in [1.807, 2.05) is 30.3 Å². The zero-order chi connectivity index (χ0) is 16.9. The number of piperidine rings is 1. The van der Waals surface area contributed by atoms with E-state index in [1.54, 1.807) is 7.11 Å². The average Bonchev–Trinajstić information content (AvgIpc) is 2.92. The Balaban J connectivity index is 1.86. The molecule has 2 aliphatic heterocycles. The number of methoxy groups -OCH3 is 1. The molecule has 0 aliphatic carbocycles. The molecule has 0 saturated carbocycles. The van der Waals surface area contributed by atoms with E-state index in [-0.39, 0.29) is 17.7 Å². The Hall–Kier alpha value is -2.56. The van der Waals surface area contributed by atoms with E-state index in [2.05, 4.69) is 12.2 Å². The topological polar surface area (TPSA) is 64.6 Å². The summed E-state index contributed by atoms with van der Waals surface area (Å²) in [6.07, 6.45) is 0.927. The molecular formula is C19H19NO4. The lowest BCUT2D eigenvalue weighted by molar-refractivity contribution is -0.138. The van der Waals surface area contributed by atoms with E-state index in [0.29, 0.717) is 19.4 Å². The Kier molecular flexibility index (Phi) is 3.27. The van der Waals surface area contributed by atoms with E-state index < -0.39 is 5.41 Å². The Morgan fingerprint density at radius 3 is 2.83 bits per heavy atom. The second-order valence-corrected chi connectivity index (χ2v) is 6.74. The summed E-state index contributed by atoms with van der Waals surface area (Å²) in [7, 11) is 1.64. The van der Waals surface area contributed by atoms with Gasteiger partial charge in [0, 0.05) is 17.4 Å². The Bertz CT molecular complexity index is 860. The molecule has 1 saturated heterocycles. The number of carbonyl (C=O) groups excluding carboxylic acids is 2. The van der Waals surface area contributed by atoms with Gasteiger partial charge in [-0.15, -0.1) is 0 Å². The smallest absolute Gasteiger partial charge is 0.230 e. The first kappa shape index (κ1) is 15.0. The highest BCUT2D eigenvalue weighted by molar-refractivity contribution is 6.00. The van der Waals surface area contributed by atoms with Crippen LogP contribution in [-0.2, 0) is 15.0 Å². The number of benzene rings is 2. The van der Waals surface area contributed by atoms with Gasteiger partial charge in [-0.05, 0) is 35.4 Å². The van der Waals surface area contributed by atoms with Crippen molar-refractivity contribution >= 4 is 22.6 Å². The van der Waals surface area contributed by atoms with Gasteiger partial charge in [-0.1, -0.05) is 19.1 Å². The molecule has 5 heteroatoms. The molecule has 0 radical (unpaired) electrons. The molecule has 1 N–H and O–H groups in total. The van der Waals surface area contributed by atoms with Crippen LogP contribution in [0.25, 0.3) is 10.8 Å². The van der Waals surface area contributed by atoms with Crippen molar-refractivity contribution in [3.8, 4) is 11.5 Å². The van der Waals surface area contributed by atoms with Gasteiger partial charge in [0.25, 0.3) is 0 Å². The van der Waals surface area contributed by atoms with E-state index in [4.69, 9.17) is 9.47 Å². The molecule has 2 aliphatic rings. The highest BCUT2D eigenvalue weighted by atomic mass is 16.5. The maximum Gasteiger partial charge on any atom is 0.230 e. The van der Waals surface area contributed by atoms with E-state index in [0.717, 1.165) is 27.8 Å². The summed E-state index contributed by atoms with van der Waals surface area (Å²) in [4.78, 5) is 23.9. The van der Waals surface area contributed by atoms with Crippen molar-refractivity contribution in [3.05, 3.63) is 35.9 Å². The second-order valence-electron chi connectivity index (χ2n) is 6.74. The van der Waals surface area contributed by atoms with Crippen LogP contribution in [0.3, 0.4) is 0 Å². The zero-order valence-corrected chi connectivity index (χ0v) is 13.7. The summed E-state index contributed by atoms with van der Waals surface area (Å²) in [5.41, 5.74) is 0.603. The van der Waals surface area contributed by atoms with Crippen LogP contribution < -0.4 is 14.8 Å². The highest BCUT2D eigenvalue weighted by Crippen LogP contribution is 2.49. The lowest BCUT2D eigenvalue weighted by Crippen LogP contribution is -2.49. The van der Waals surface area contributed by atoms with Gasteiger partial charge >= 0.3 is 0 Å². The fourth-order valence-electron chi connectivity index (χ4n) is 4.00. The zero-order valence-electron chi connectivity index (χ0n) is 13.7. The summed E-state index contributed by atoms with van der Waals surface area (Å²) in [6.45, 7) is 2.50. The number of imide groups is 1. The molecule has 0 bridgehead atoms. The first-order valence-corrected chi connectivity index (χ1v) is 8.10. The van der Waals surface area contributed by atoms with Crippen LogP contribution in [0, 0.1) is 5.92 Å². The van der Waals surface area contributed by atoms with Crippen molar-refractivity contribution in [1.82, 2.24) is 5.32 Å². The molecular weight excluding hydrogens is 306 g/mol. The lowest BCUT2D eigenvalue weighted by atomic mass is 9.68. The number of nitrogens with one attached hydrogen (secondary N) is 1. The molecule has 2 atom stereocenters. The number of amides is 2. The highest BCUT2D eigenvalue weighted by Gasteiger charge is 2.48. The van der Waals surface area contributed by atoms with E-state index in [9.17, 15) is 9.59 Å². The molecule has 2 heterocycles. The summed E-state index contributed by atoms with van der Waals surface area (Å²) in [5.74, 6) is 0.949. The van der Waals surface area contributed by atoms with Gasteiger partial charge in [-0.25, -0.2) is 0 Å². The van der Waals surface area contributed by atoms with Crippen molar-refractivity contribution in [1.29, 1.82) is 0 Å². The Morgan fingerprint density at radius 2 is 2.08 bits per heavy atom. The minimum Gasteiger partial charge on any atom is -0.497 e. The van der Waals surface area contributed by atoms with Crippen molar-refractivity contribution in [2.45, 2.75) is 25.2 Å². The standard InChI is InChI=1S/C19H19NO4/c1-19(14-6-8-16(21)20-18(14)22)10-24-15-7-3-11-9-12(23-2)4-5-13(11)17(15)19/h3-5,7,9,14H,6,8,10H2,1-2H3,(H,20,21,22)/t14-,19?/m0/s1. The number of rotatable bonds is 2. The van der Waals surface area contributed by atoms with Gasteiger partial charge in [0.1, 0.15) is 11.5 Å². The van der Waals surface area contributed by atoms with Gasteiger partial charge in [0.2, 0.25) is 11.8 Å². The number of carbonyl (C=O) groups is 2. The van der Waals surface area contributed by atoms with Crippen LogP contribution in [0.4, 0.5) is 0 Å². The van der Waals surface area contributed by atoms with E-state index in [1.165, 1.54) is 0 Å². The molecule has 1 fully saturated rings. The van der Waals surface area contributed by atoms with Crippen molar-refractivity contribution < 1.29 is 19.1 Å². The van der Waals surface area contributed by atoms with Gasteiger partial charge in [0.05, 0.1) is 19.6 Å². The van der Waals surface area contributed by atoms with Crippen LogP contribution in [0.15, 0.2) is 30.3 Å². The van der Waals surface area contributed by atoms with E-state index >= 15 is 0 Å². The largest absolute Gasteiger partial charge is 0.497 e. The van der Waals surface area contributed by atoms with Gasteiger partial charge in [0.15, 0.2) is 0 Å². The van der Waals surface area contributed by atoms with Gasteiger partial charge in [-0.3, -0.25) is 14.9 Å². The van der Waals surface area contributed by atoms with Crippen LogP contribution in [0.2, 0.25) is 0 Å². The molecule has 2 aromatic rings. The number of ether oxygens (including phenoxy) is 2. The summed E-state index contributed by atoms with van der Waals surface area (Å²) in [6, 6.07) is 9.89. The maximum atomic E-state index is 12.4. The molecule has 5 nitrogen and oxygen atoms in total. The fourth-order valence-corrected chi connectivity index (χ4v) is 4.00. The van der Waals surface area contributed by atoms with Crippen LogP contribution in [0.5, 0.6) is 11.5 Å². The first-order valence-electron chi connectivity index (χ1n) is 8.10. The summed E-state index contributed by atoms with van der Waals surface area (Å²) < 4.78 is 11.2. The first-order chi connectivity index (χ1) is 11.5. The predicted octanol–water partition coefficient (Wildman–Crippen LogP) is 2.55. The molecule has 0 aromatic heterocycles. The molecule has 24 heavy (non-hydrogen) atoms.